The molecule has 0 aliphatic carbocycles. The summed E-state index contributed by atoms with van der Waals surface area (Å²) in [5.41, 5.74) is 1.93. The van der Waals surface area contributed by atoms with Crippen molar-refractivity contribution in [2.24, 2.45) is 0 Å². The highest BCUT2D eigenvalue weighted by molar-refractivity contribution is 5.85. The lowest BCUT2D eigenvalue weighted by molar-refractivity contribution is -0.142. The minimum Gasteiger partial charge on any atom is -0.466 e. The van der Waals surface area contributed by atoms with Crippen LogP contribution in [0.2, 0.25) is 0 Å². The van der Waals surface area contributed by atoms with Gasteiger partial charge in [-0.25, -0.2) is 0 Å². The third kappa shape index (κ3) is 2.91. The standard InChI is InChI=1S/C13H13NO3/c1-3-17-13(16)6-11-9(2)4-5-10(7-14)12(11)8-15/h4-5,8H,3,6H2,1-2H3. The molecule has 17 heavy (non-hydrogen) atoms. The molecule has 0 N–H and O–H groups in total. The predicted octanol–water partition coefficient (Wildman–Crippen LogP) is 1.78. The van der Waals surface area contributed by atoms with Gasteiger partial charge >= 0.3 is 5.97 Å². The zero-order valence-corrected chi connectivity index (χ0v) is 9.82. The van der Waals surface area contributed by atoms with Crippen molar-refractivity contribution in [1.82, 2.24) is 0 Å². The summed E-state index contributed by atoms with van der Waals surface area (Å²) < 4.78 is 4.84. The van der Waals surface area contributed by atoms with Crippen molar-refractivity contribution in [1.29, 1.82) is 5.26 Å². The summed E-state index contributed by atoms with van der Waals surface area (Å²) >= 11 is 0. The van der Waals surface area contributed by atoms with E-state index < -0.39 is 5.97 Å². The molecule has 1 aromatic rings. The summed E-state index contributed by atoms with van der Waals surface area (Å²) in [7, 11) is 0. The highest BCUT2D eigenvalue weighted by atomic mass is 16.5. The molecule has 0 spiro atoms. The van der Waals surface area contributed by atoms with Gasteiger partial charge in [0.25, 0.3) is 0 Å². The number of nitriles is 1. The molecule has 1 rings (SSSR count). The fourth-order valence-corrected chi connectivity index (χ4v) is 1.60. The summed E-state index contributed by atoms with van der Waals surface area (Å²) in [5, 5.41) is 8.88. The predicted molar refractivity (Wildman–Crippen MR) is 61.6 cm³/mol. The molecule has 0 aliphatic rings. The molecule has 0 saturated carbocycles. The number of carbonyl (C=O) groups excluding carboxylic acids is 2. The first-order chi connectivity index (χ1) is 8.13. The van der Waals surface area contributed by atoms with Gasteiger partial charge in [-0.3, -0.25) is 9.59 Å². The van der Waals surface area contributed by atoms with Crippen molar-refractivity contribution in [3.05, 3.63) is 34.4 Å². The summed E-state index contributed by atoms with van der Waals surface area (Å²) in [4.78, 5) is 22.4. The molecule has 0 aliphatic heterocycles. The molecule has 0 aromatic heterocycles. The lowest BCUT2D eigenvalue weighted by Gasteiger charge is -2.09. The van der Waals surface area contributed by atoms with Gasteiger partial charge in [-0.05, 0) is 31.0 Å². The van der Waals surface area contributed by atoms with Gasteiger partial charge in [0.15, 0.2) is 6.29 Å². The lowest BCUT2D eigenvalue weighted by Crippen LogP contribution is -2.11. The summed E-state index contributed by atoms with van der Waals surface area (Å²) in [6.45, 7) is 3.81. The van der Waals surface area contributed by atoms with E-state index in [2.05, 4.69) is 0 Å². The van der Waals surface area contributed by atoms with Gasteiger partial charge in [0.05, 0.1) is 24.7 Å². The Kier molecular flexibility index (Phi) is 4.41. The zero-order chi connectivity index (χ0) is 12.8. The molecule has 0 fully saturated rings. The Labute approximate surface area is 99.8 Å². The lowest BCUT2D eigenvalue weighted by atomic mass is 9.95. The molecule has 0 saturated heterocycles. The van der Waals surface area contributed by atoms with E-state index in [9.17, 15) is 9.59 Å². The maximum Gasteiger partial charge on any atom is 0.310 e. The maximum absolute atomic E-state index is 11.4. The Balaban J connectivity index is 3.17. The molecule has 1 aromatic carbocycles. The number of carbonyl (C=O) groups is 2. The number of ether oxygens (including phenoxy) is 1. The maximum atomic E-state index is 11.4. The van der Waals surface area contributed by atoms with Crippen LogP contribution in [-0.4, -0.2) is 18.9 Å². The third-order valence-electron chi connectivity index (χ3n) is 2.46. The molecule has 0 unspecified atom stereocenters. The Morgan fingerprint density at radius 1 is 1.53 bits per heavy atom. The Morgan fingerprint density at radius 3 is 2.76 bits per heavy atom. The molecule has 0 bridgehead atoms. The molecule has 0 amide bonds. The number of nitrogens with zero attached hydrogens (tertiary/aromatic N) is 1. The fourth-order valence-electron chi connectivity index (χ4n) is 1.60. The van der Waals surface area contributed by atoms with Gasteiger partial charge in [0, 0.05) is 5.56 Å². The number of rotatable bonds is 4. The second-order valence-corrected chi connectivity index (χ2v) is 3.53. The van der Waals surface area contributed by atoms with Crippen molar-refractivity contribution in [2.75, 3.05) is 6.61 Å². The van der Waals surface area contributed by atoms with Crippen molar-refractivity contribution in [3.8, 4) is 6.07 Å². The summed E-state index contributed by atoms with van der Waals surface area (Å²) in [5.74, 6) is -0.395. The minimum atomic E-state index is -0.395. The third-order valence-corrected chi connectivity index (χ3v) is 2.46. The second kappa shape index (κ2) is 5.80. The first-order valence-corrected chi connectivity index (χ1v) is 5.27. The van der Waals surface area contributed by atoms with Crippen LogP contribution >= 0.6 is 0 Å². The summed E-state index contributed by atoms with van der Waals surface area (Å²) in [6.07, 6.45) is 0.628. The van der Waals surface area contributed by atoms with Crippen molar-refractivity contribution >= 4 is 12.3 Å². The van der Waals surface area contributed by atoms with Crippen LogP contribution in [-0.2, 0) is 16.0 Å². The number of hydrogen-bond acceptors (Lipinski definition) is 4. The van der Waals surface area contributed by atoms with Crippen LogP contribution in [0.15, 0.2) is 12.1 Å². The van der Waals surface area contributed by atoms with Crippen LogP contribution in [0.5, 0.6) is 0 Å². The largest absolute Gasteiger partial charge is 0.466 e. The van der Waals surface area contributed by atoms with Gasteiger partial charge in [-0.1, -0.05) is 6.07 Å². The number of hydrogen-bond donors (Lipinski definition) is 0. The van der Waals surface area contributed by atoms with E-state index in [1.807, 2.05) is 6.07 Å². The monoisotopic (exact) mass is 231 g/mol. The van der Waals surface area contributed by atoms with E-state index in [0.717, 1.165) is 5.56 Å². The first-order valence-electron chi connectivity index (χ1n) is 5.27. The van der Waals surface area contributed by atoms with Crippen LogP contribution in [0, 0.1) is 18.3 Å². The van der Waals surface area contributed by atoms with Crippen LogP contribution in [0.4, 0.5) is 0 Å². The van der Waals surface area contributed by atoms with E-state index in [1.165, 1.54) is 0 Å². The topological polar surface area (TPSA) is 67.2 Å². The van der Waals surface area contributed by atoms with Crippen molar-refractivity contribution in [2.45, 2.75) is 20.3 Å². The quantitative estimate of drug-likeness (QED) is 0.585. The van der Waals surface area contributed by atoms with E-state index in [4.69, 9.17) is 10.00 Å². The average Bonchev–Trinajstić information content (AvgIpc) is 2.31. The smallest absolute Gasteiger partial charge is 0.310 e. The van der Waals surface area contributed by atoms with Gasteiger partial charge in [0.1, 0.15) is 0 Å². The fraction of sp³-hybridized carbons (Fsp3) is 0.308. The van der Waals surface area contributed by atoms with E-state index >= 15 is 0 Å². The first kappa shape index (κ1) is 12.9. The van der Waals surface area contributed by atoms with Gasteiger partial charge in [0.2, 0.25) is 0 Å². The SMILES string of the molecule is CCOC(=O)Cc1c(C)ccc(C#N)c1C=O. The van der Waals surface area contributed by atoms with Crippen LogP contribution < -0.4 is 0 Å². The minimum absolute atomic E-state index is 0.0171. The van der Waals surface area contributed by atoms with E-state index in [-0.39, 0.29) is 17.5 Å². The van der Waals surface area contributed by atoms with Crippen LogP contribution in [0.3, 0.4) is 0 Å². The van der Waals surface area contributed by atoms with Gasteiger partial charge in [-0.15, -0.1) is 0 Å². The molecule has 0 atom stereocenters. The molecular weight excluding hydrogens is 218 g/mol. The molecule has 0 heterocycles. The number of aldehydes is 1. The molecule has 4 heteroatoms. The van der Waals surface area contributed by atoms with Crippen molar-refractivity contribution < 1.29 is 14.3 Å². The zero-order valence-electron chi connectivity index (χ0n) is 9.82. The van der Waals surface area contributed by atoms with Crippen LogP contribution in [0.25, 0.3) is 0 Å². The van der Waals surface area contributed by atoms with Gasteiger partial charge in [-0.2, -0.15) is 5.26 Å². The Bertz CT molecular complexity index is 486. The number of benzene rings is 1. The highest BCUT2D eigenvalue weighted by Crippen LogP contribution is 2.18. The Hall–Kier alpha value is -2.15. The average molecular weight is 231 g/mol. The van der Waals surface area contributed by atoms with Crippen molar-refractivity contribution in [3.63, 3.8) is 0 Å². The number of esters is 1. The molecule has 0 radical (unpaired) electrons. The Morgan fingerprint density at radius 2 is 2.24 bits per heavy atom. The molecular formula is C13H13NO3. The summed E-state index contributed by atoms with van der Waals surface area (Å²) in [6, 6.07) is 5.24. The van der Waals surface area contributed by atoms with E-state index in [0.29, 0.717) is 18.5 Å². The van der Waals surface area contributed by atoms with Gasteiger partial charge < -0.3 is 4.74 Å². The molecule has 4 nitrogen and oxygen atoms in total. The highest BCUT2D eigenvalue weighted by Gasteiger charge is 2.14. The second-order valence-electron chi connectivity index (χ2n) is 3.53. The molecule has 88 valence electrons. The van der Waals surface area contributed by atoms with Crippen LogP contribution in [0.1, 0.15) is 34.0 Å². The number of aryl methyl sites for hydroxylation is 1. The normalized spacial score (nSPS) is 9.47. The van der Waals surface area contributed by atoms with E-state index in [1.54, 1.807) is 26.0 Å².